The van der Waals surface area contributed by atoms with E-state index in [4.69, 9.17) is 21.1 Å². The van der Waals surface area contributed by atoms with Gasteiger partial charge >= 0.3 is 6.18 Å². The molecule has 0 saturated heterocycles. The van der Waals surface area contributed by atoms with Crippen LogP contribution in [0.4, 0.5) is 24.7 Å². The summed E-state index contributed by atoms with van der Waals surface area (Å²) >= 11 is 5.65. The van der Waals surface area contributed by atoms with Crippen LogP contribution in [0.15, 0.2) is 36.7 Å². The zero-order chi connectivity index (χ0) is 18.9. The van der Waals surface area contributed by atoms with E-state index in [1.807, 2.05) is 0 Å². The summed E-state index contributed by atoms with van der Waals surface area (Å²) in [6.07, 6.45) is -3.25. The Morgan fingerprint density at radius 2 is 1.69 bits per heavy atom. The van der Waals surface area contributed by atoms with Gasteiger partial charge in [0.1, 0.15) is 12.1 Å². The SMILES string of the molecule is COc1cc2ncnc(Nc3ccc(Cl)c(C(F)(F)F)c3)c2cc1OC. The molecule has 1 aromatic heterocycles. The quantitative estimate of drug-likeness (QED) is 0.682. The van der Waals surface area contributed by atoms with Crippen molar-refractivity contribution in [2.75, 3.05) is 19.5 Å². The van der Waals surface area contributed by atoms with Crippen molar-refractivity contribution in [1.82, 2.24) is 9.97 Å². The summed E-state index contributed by atoms with van der Waals surface area (Å²) < 4.78 is 49.6. The molecule has 1 N–H and O–H groups in total. The number of aromatic nitrogens is 2. The minimum absolute atomic E-state index is 0.191. The van der Waals surface area contributed by atoms with Gasteiger partial charge in [0.15, 0.2) is 11.5 Å². The van der Waals surface area contributed by atoms with Gasteiger partial charge in [-0.2, -0.15) is 13.2 Å². The normalized spacial score (nSPS) is 11.5. The zero-order valence-electron chi connectivity index (χ0n) is 13.7. The van der Waals surface area contributed by atoms with Gasteiger partial charge in [0.2, 0.25) is 0 Å². The third-order valence-electron chi connectivity index (χ3n) is 3.68. The average molecular weight is 384 g/mol. The number of fused-ring (bicyclic) bond motifs is 1. The first kappa shape index (κ1) is 18.1. The minimum Gasteiger partial charge on any atom is -0.493 e. The van der Waals surface area contributed by atoms with E-state index in [0.717, 1.165) is 6.07 Å². The number of ether oxygens (including phenoxy) is 2. The second-order valence-electron chi connectivity index (χ2n) is 5.26. The number of hydrogen-bond donors (Lipinski definition) is 1. The van der Waals surface area contributed by atoms with Gasteiger partial charge in [-0.05, 0) is 24.3 Å². The molecule has 2 aromatic carbocycles. The maximum absolute atomic E-state index is 13.0. The Hall–Kier alpha value is -2.74. The van der Waals surface area contributed by atoms with Gasteiger partial charge in [-0.1, -0.05) is 11.6 Å². The van der Waals surface area contributed by atoms with Crippen molar-refractivity contribution in [1.29, 1.82) is 0 Å². The second kappa shape index (κ2) is 6.87. The summed E-state index contributed by atoms with van der Waals surface area (Å²) in [7, 11) is 2.98. The number of benzene rings is 2. The topological polar surface area (TPSA) is 56.3 Å². The molecule has 0 amide bonds. The largest absolute Gasteiger partial charge is 0.493 e. The molecule has 3 rings (SSSR count). The second-order valence-corrected chi connectivity index (χ2v) is 5.67. The van der Waals surface area contributed by atoms with Crippen LogP contribution in [0.25, 0.3) is 10.9 Å². The van der Waals surface area contributed by atoms with Crippen LogP contribution in [0.1, 0.15) is 5.56 Å². The molecule has 0 fully saturated rings. The highest BCUT2D eigenvalue weighted by molar-refractivity contribution is 6.31. The van der Waals surface area contributed by atoms with Crippen molar-refractivity contribution in [3.8, 4) is 11.5 Å². The molecule has 0 atom stereocenters. The first-order chi connectivity index (χ1) is 12.3. The maximum atomic E-state index is 13.0. The van der Waals surface area contributed by atoms with E-state index in [1.54, 1.807) is 12.1 Å². The van der Waals surface area contributed by atoms with Crippen LogP contribution in [0.3, 0.4) is 0 Å². The molecule has 0 aliphatic heterocycles. The van der Waals surface area contributed by atoms with E-state index < -0.39 is 11.7 Å². The fourth-order valence-corrected chi connectivity index (χ4v) is 2.66. The van der Waals surface area contributed by atoms with Crippen molar-refractivity contribution in [3.05, 3.63) is 47.2 Å². The summed E-state index contributed by atoms with van der Waals surface area (Å²) in [5.74, 6) is 1.26. The first-order valence-corrected chi connectivity index (χ1v) is 7.71. The molecule has 9 heteroatoms. The standard InChI is InChI=1S/C17H13ClF3N3O2/c1-25-14-6-10-13(7-15(14)26-2)22-8-23-16(10)24-9-3-4-12(18)11(5-9)17(19,20)21/h3-8H,1-2H3,(H,22,23,24). The number of nitrogens with zero attached hydrogens (tertiary/aromatic N) is 2. The lowest BCUT2D eigenvalue weighted by Crippen LogP contribution is -2.07. The van der Waals surface area contributed by atoms with Crippen molar-refractivity contribution in [3.63, 3.8) is 0 Å². The van der Waals surface area contributed by atoms with Crippen LogP contribution < -0.4 is 14.8 Å². The molecule has 0 radical (unpaired) electrons. The summed E-state index contributed by atoms with van der Waals surface area (Å²) in [6, 6.07) is 6.85. The highest BCUT2D eigenvalue weighted by atomic mass is 35.5. The Kier molecular flexibility index (Phi) is 4.78. The van der Waals surface area contributed by atoms with Crippen molar-refractivity contribution in [2.45, 2.75) is 6.18 Å². The Labute approximate surface area is 151 Å². The molecule has 3 aromatic rings. The molecule has 136 valence electrons. The van der Waals surface area contributed by atoms with Gasteiger partial charge in [0.25, 0.3) is 0 Å². The smallest absolute Gasteiger partial charge is 0.417 e. The molecular formula is C17H13ClF3N3O2. The van der Waals surface area contributed by atoms with Crippen LogP contribution in [0, 0.1) is 0 Å². The molecule has 0 aliphatic carbocycles. The van der Waals surface area contributed by atoms with Crippen LogP contribution >= 0.6 is 11.6 Å². The molecule has 0 aliphatic rings. The Bertz CT molecular complexity index is 964. The minimum atomic E-state index is -4.56. The van der Waals surface area contributed by atoms with Crippen LogP contribution in [0.5, 0.6) is 11.5 Å². The number of alkyl halides is 3. The van der Waals surface area contributed by atoms with Crippen LogP contribution in [0.2, 0.25) is 5.02 Å². The summed E-state index contributed by atoms with van der Waals surface area (Å²) in [6.45, 7) is 0. The van der Waals surface area contributed by atoms with Crippen LogP contribution in [-0.4, -0.2) is 24.2 Å². The van der Waals surface area contributed by atoms with E-state index in [0.29, 0.717) is 28.2 Å². The lowest BCUT2D eigenvalue weighted by Gasteiger charge is -2.14. The molecule has 0 spiro atoms. The van der Waals surface area contributed by atoms with Crippen LogP contribution in [-0.2, 0) is 6.18 Å². The van der Waals surface area contributed by atoms with Gasteiger partial charge in [-0.25, -0.2) is 9.97 Å². The predicted molar refractivity (Wildman–Crippen MR) is 92.4 cm³/mol. The average Bonchev–Trinajstić information content (AvgIpc) is 2.61. The number of nitrogens with one attached hydrogen (secondary N) is 1. The number of hydrogen-bond acceptors (Lipinski definition) is 5. The molecule has 0 unspecified atom stereocenters. The van der Waals surface area contributed by atoms with E-state index in [-0.39, 0.29) is 10.7 Å². The third kappa shape index (κ3) is 3.45. The molecule has 0 bridgehead atoms. The monoisotopic (exact) mass is 383 g/mol. The van der Waals surface area contributed by atoms with Gasteiger partial charge in [0, 0.05) is 17.1 Å². The maximum Gasteiger partial charge on any atom is 0.417 e. The van der Waals surface area contributed by atoms with Gasteiger partial charge in [-0.15, -0.1) is 0 Å². The van der Waals surface area contributed by atoms with Crippen molar-refractivity contribution in [2.24, 2.45) is 0 Å². The van der Waals surface area contributed by atoms with Gasteiger partial charge < -0.3 is 14.8 Å². The van der Waals surface area contributed by atoms with E-state index in [1.165, 1.54) is 32.7 Å². The van der Waals surface area contributed by atoms with Crippen molar-refractivity contribution >= 4 is 34.0 Å². The summed E-state index contributed by atoms with van der Waals surface area (Å²) in [5, 5.41) is 3.06. The highest BCUT2D eigenvalue weighted by Crippen LogP contribution is 2.38. The molecule has 1 heterocycles. The summed E-state index contributed by atoms with van der Waals surface area (Å²) in [5.41, 5.74) is -0.191. The molecular weight excluding hydrogens is 371 g/mol. The third-order valence-corrected chi connectivity index (χ3v) is 4.00. The molecule has 26 heavy (non-hydrogen) atoms. The van der Waals surface area contributed by atoms with Gasteiger partial charge in [0.05, 0.1) is 30.3 Å². The van der Waals surface area contributed by atoms with Gasteiger partial charge in [-0.3, -0.25) is 0 Å². The zero-order valence-corrected chi connectivity index (χ0v) is 14.4. The van der Waals surface area contributed by atoms with E-state index in [9.17, 15) is 13.2 Å². The molecule has 5 nitrogen and oxygen atoms in total. The van der Waals surface area contributed by atoms with E-state index in [2.05, 4.69) is 15.3 Å². The number of anilines is 2. The Balaban J connectivity index is 2.07. The predicted octanol–water partition coefficient (Wildman–Crippen LogP) is 5.06. The lowest BCUT2D eigenvalue weighted by molar-refractivity contribution is -0.137. The Morgan fingerprint density at radius 1 is 1.00 bits per heavy atom. The lowest BCUT2D eigenvalue weighted by atomic mass is 10.1. The fourth-order valence-electron chi connectivity index (χ4n) is 2.44. The highest BCUT2D eigenvalue weighted by Gasteiger charge is 2.33. The summed E-state index contributed by atoms with van der Waals surface area (Å²) in [4.78, 5) is 8.27. The van der Waals surface area contributed by atoms with Crippen molar-refractivity contribution < 1.29 is 22.6 Å². The number of rotatable bonds is 4. The first-order valence-electron chi connectivity index (χ1n) is 7.34. The van der Waals surface area contributed by atoms with E-state index >= 15 is 0 Å². The number of methoxy groups -OCH3 is 2. The molecule has 0 saturated carbocycles. The number of halogens is 4. The fraction of sp³-hybridized carbons (Fsp3) is 0.176. The Morgan fingerprint density at radius 3 is 2.35 bits per heavy atom.